The maximum atomic E-state index is 2.46. The Bertz CT molecular complexity index is 999. The van der Waals surface area contributed by atoms with Crippen LogP contribution in [-0.2, 0) is 12.8 Å². The van der Waals surface area contributed by atoms with Gasteiger partial charge in [0.25, 0.3) is 0 Å². The van der Waals surface area contributed by atoms with Gasteiger partial charge in [0.15, 0.2) is 0 Å². The number of thioether (sulfide) groups is 1. The van der Waals surface area contributed by atoms with Gasteiger partial charge in [0, 0.05) is 10.1 Å². The van der Waals surface area contributed by atoms with Crippen molar-refractivity contribution in [1.82, 2.24) is 0 Å². The van der Waals surface area contributed by atoms with Crippen LogP contribution in [0, 0.1) is 10.8 Å². The molecular weight excluding hydrogens is 344 g/mol. The van der Waals surface area contributed by atoms with E-state index in [9.17, 15) is 0 Å². The summed E-state index contributed by atoms with van der Waals surface area (Å²) in [5, 5.41) is 6.26. The van der Waals surface area contributed by atoms with Gasteiger partial charge in [-0.3, -0.25) is 0 Å². The molecular formula is C26H32S. The predicted molar refractivity (Wildman–Crippen MR) is 122 cm³/mol. The van der Waals surface area contributed by atoms with Crippen molar-refractivity contribution in [1.29, 1.82) is 0 Å². The van der Waals surface area contributed by atoms with Crippen molar-refractivity contribution < 1.29 is 0 Å². The molecule has 0 nitrogen and oxygen atoms in total. The zero-order chi connectivity index (χ0) is 19.4. The molecule has 0 spiro atoms. The van der Waals surface area contributed by atoms with Crippen LogP contribution in [0.2, 0.25) is 0 Å². The molecule has 1 unspecified atom stereocenters. The van der Waals surface area contributed by atoms with Gasteiger partial charge in [-0.15, -0.1) is 11.8 Å². The minimum Gasteiger partial charge on any atom is -0.121 e. The highest BCUT2D eigenvalue weighted by molar-refractivity contribution is 8.00. The molecule has 4 rings (SSSR count). The molecule has 1 atom stereocenters. The van der Waals surface area contributed by atoms with Crippen molar-refractivity contribution in [2.75, 3.05) is 0 Å². The van der Waals surface area contributed by atoms with Crippen LogP contribution in [0.5, 0.6) is 0 Å². The summed E-state index contributed by atoms with van der Waals surface area (Å²) in [6.07, 6.45) is 3.71. The lowest BCUT2D eigenvalue weighted by Crippen LogP contribution is -2.28. The van der Waals surface area contributed by atoms with E-state index in [1.54, 1.807) is 11.1 Å². The summed E-state index contributed by atoms with van der Waals surface area (Å²) >= 11 is 2.09. The highest BCUT2D eigenvalue weighted by Gasteiger charge is 2.30. The molecule has 0 bridgehead atoms. The number of fused-ring (bicyclic) bond motifs is 4. The van der Waals surface area contributed by atoms with Crippen LogP contribution in [0.3, 0.4) is 0 Å². The fraction of sp³-hybridized carbons (Fsp3) is 0.462. The van der Waals surface area contributed by atoms with Gasteiger partial charge >= 0.3 is 0 Å². The number of hydrogen-bond acceptors (Lipinski definition) is 1. The first kappa shape index (κ1) is 18.9. The molecule has 1 aliphatic carbocycles. The van der Waals surface area contributed by atoms with Crippen LogP contribution >= 0.6 is 11.8 Å². The van der Waals surface area contributed by atoms with Gasteiger partial charge in [-0.25, -0.2) is 0 Å². The molecule has 0 N–H and O–H groups in total. The zero-order valence-electron chi connectivity index (χ0n) is 17.6. The topological polar surface area (TPSA) is 0 Å². The van der Waals surface area contributed by atoms with E-state index in [-0.39, 0.29) is 5.41 Å². The van der Waals surface area contributed by atoms with Crippen LogP contribution in [0.1, 0.15) is 59.1 Å². The second-order valence-corrected chi connectivity index (χ2v) is 11.7. The van der Waals surface area contributed by atoms with Crippen LogP contribution in [0.15, 0.2) is 47.4 Å². The van der Waals surface area contributed by atoms with E-state index in [1.165, 1.54) is 45.7 Å². The monoisotopic (exact) mass is 376 g/mol. The Hall–Kier alpha value is -1.47. The smallest absolute Gasteiger partial charge is 0.0160 e. The Kier molecular flexibility index (Phi) is 4.58. The summed E-state index contributed by atoms with van der Waals surface area (Å²) in [5.74, 6) is 0. The summed E-state index contributed by atoms with van der Waals surface area (Å²) in [6, 6.07) is 16.3. The molecule has 0 heterocycles. The van der Waals surface area contributed by atoms with Gasteiger partial charge in [0.05, 0.1) is 0 Å². The molecule has 27 heavy (non-hydrogen) atoms. The maximum Gasteiger partial charge on any atom is 0.0160 e. The van der Waals surface area contributed by atoms with E-state index in [2.05, 4.69) is 95.8 Å². The van der Waals surface area contributed by atoms with Gasteiger partial charge in [-0.05, 0) is 68.8 Å². The molecule has 3 aromatic carbocycles. The second-order valence-electron chi connectivity index (χ2n) is 10.5. The van der Waals surface area contributed by atoms with Crippen LogP contribution in [0.4, 0.5) is 0 Å². The fourth-order valence-electron chi connectivity index (χ4n) is 4.10. The molecule has 0 aromatic heterocycles. The minimum atomic E-state index is 0.272. The Morgan fingerprint density at radius 2 is 1.44 bits per heavy atom. The average Bonchev–Trinajstić information content (AvgIpc) is 2.54. The van der Waals surface area contributed by atoms with Crippen molar-refractivity contribution in [2.24, 2.45) is 10.8 Å². The first-order chi connectivity index (χ1) is 12.6. The van der Waals surface area contributed by atoms with Crippen molar-refractivity contribution in [2.45, 2.75) is 71.0 Å². The first-order valence-corrected chi connectivity index (χ1v) is 11.1. The van der Waals surface area contributed by atoms with Crippen LogP contribution in [0.25, 0.3) is 21.5 Å². The average molecular weight is 377 g/mol. The number of hydrogen-bond donors (Lipinski definition) is 0. The van der Waals surface area contributed by atoms with Crippen molar-refractivity contribution >= 4 is 33.3 Å². The normalized spacial score (nSPS) is 15.6. The number of rotatable bonds is 3. The Morgan fingerprint density at radius 3 is 2.04 bits per heavy atom. The van der Waals surface area contributed by atoms with E-state index < -0.39 is 0 Å². The van der Waals surface area contributed by atoms with E-state index >= 15 is 0 Å². The number of aryl methyl sites for hydroxylation is 2. The Balaban J connectivity index is 1.85. The first-order valence-electron chi connectivity index (χ1n) is 10.3. The third kappa shape index (κ3) is 3.76. The fourth-order valence-corrected chi connectivity index (χ4v) is 5.85. The van der Waals surface area contributed by atoms with E-state index in [0.717, 1.165) is 0 Å². The zero-order valence-corrected chi connectivity index (χ0v) is 18.5. The van der Waals surface area contributed by atoms with Gasteiger partial charge in [0.2, 0.25) is 0 Å². The Morgan fingerprint density at radius 1 is 0.815 bits per heavy atom. The molecule has 1 aliphatic rings. The second kappa shape index (κ2) is 6.55. The third-order valence-electron chi connectivity index (χ3n) is 5.84. The molecule has 0 radical (unpaired) electrons. The standard InChI is InChI=1S/C26H32S/c1-25(2,3)16-24(26(4,5)6)27-23-15-19-13-17-11-12-18(17)14-22(19)20-9-7-8-10-21(20)23/h7-10,13-15,24H,11-12,16H2,1-6H3. The summed E-state index contributed by atoms with van der Waals surface area (Å²) < 4.78 is 0. The highest BCUT2D eigenvalue weighted by Crippen LogP contribution is 2.45. The van der Waals surface area contributed by atoms with Crippen LogP contribution < -0.4 is 0 Å². The molecule has 1 heteroatoms. The largest absolute Gasteiger partial charge is 0.121 e. The Labute approximate surface area is 168 Å². The molecule has 142 valence electrons. The van der Waals surface area contributed by atoms with Gasteiger partial charge < -0.3 is 0 Å². The van der Waals surface area contributed by atoms with Gasteiger partial charge in [-0.1, -0.05) is 77.9 Å². The van der Waals surface area contributed by atoms with E-state index in [0.29, 0.717) is 10.7 Å². The lowest BCUT2D eigenvalue weighted by atomic mass is 9.81. The summed E-state index contributed by atoms with van der Waals surface area (Å²) in [5.41, 5.74) is 3.71. The maximum absolute atomic E-state index is 2.46. The SMILES string of the molecule is CC(C)(C)CC(Sc1cc2cc3c(cc2c2ccccc12)CC3)C(C)(C)C. The van der Waals surface area contributed by atoms with E-state index in [4.69, 9.17) is 0 Å². The molecule has 0 saturated carbocycles. The van der Waals surface area contributed by atoms with Crippen molar-refractivity contribution in [3.63, 3.8) is 0 Å². The van der Waals surface area contributed by atoms with Crippen LogP contribution in [-0.4, -0.2) is 5.25 Å². The predicted octanol–water partition coefficient (Wildman–Crippen LogP) is 8.03. The molecule has 0 amide bonds. The molecule has 0 aliphatic heterocycles. The number of benzene rings is 3. The molecule has 3 aromatic rings. The highest BCUT2D eigenvalue weighted by atomic mass is 32.2. The van der Waals surface area contributed by atoms with Crippen molar-refractivity contribution in [3.05, 3.63) is 53.6 Å². The van der Waals surface area contributed by atoms with Gasteiger partial charge in [0.1, 0.15) is 0 Å². The van der Waals surface area contributed by atoms with Crippen molar-refractivity contribution in [3.8, 4) is 0 Å². The summed E-state index contributed by atoms with van der Waals surface area (Å²) in [6.45, 7) is 14.3. The van der Waals surface area contributed by atoms with Gasteiger partial charge in [-0.2, -0.15) is 0 Å². The summed E-state index contributed by atoms with van der Waals surface area (Å²) in [7, 11) is 0. The molecule has 0 saturated heterocycles. The quantitative estimate of drug-likeness (QED) is 0.329. The van der Waals surface area contributed by atoms with E-state index in [1.807, 2.05) is 0 Å². The summed E-state index contributed by atoms with van der Waals surface area (Å²) in [4.78, 5) is 1.45. The minimum absolute atomic E-state index is 0.272. The lowest BCUT2D eigenvalue weighted by molar-refractivity contribution is 0.286. The third-order valence-corrected chi connectivity index (χ3v) is 7.59. The molecule has 0 fully saturated rings. The lowest BCUT2D eigenvalue weighted by Gasteiger charge is -2.35.